The Kier molecular flexibility index (Phi) is 5.21. The minimum atomic E-state index is -2.95. The van der Waals surface area contributed by atoms with E-state index >= 15 is 0 Å². The first-order chi connectivity index (χ1) is 7.49. The zero-order valence-electron chi connectivity index (χ0n) is 10.1. The molecule has 1 saturated carbocycles. The topological polar surface area (TPSA) is 66.4 Å². The highest BCUT2D eigenvalue weighted by atomic mass is 32.2. The SMILES string of the molecule is CCC(CCO)NC1CCCC1S(C)(=O)=O. The lowest BCUT2D eigenvalue weighted by atomic mass is 10.1. The zero-order chi connectivity index (χ0) is 12.2. The van der Waals surface area contributed by atoms with Crippen LogP contribution in [-0.2, 0) is 9.84 Å². The quantitative estimate of drug-likeness (QED) is 0.727. The second-order valence-corrected chi connectivity index (χ2v) is 6.95. The predicted octanol–water partition coefficient (Wildman–Crippen LogP) is 0.703. The summed E-state index contributed by atoms with van der Waals surface area (Å²) in [6.07, 6.45) is 5.62. The van der Waals surface area contributed by atoms with Gasteiger partial charge in [0.2, 0.25) is 0 Å². The van der Waals surface area contributed by atoms with Gasteiger partial charge in [0.15, 0.2) is 9.84 Å². The van der Waals surface area contributed by atoms with Gasteiger partial charge in [-0.3, -0.25) is 0 Å². The average molecular weight is 249 g/mol. The van der Waals surface area contributed by atoms with Crippen LogP contribution in [0.5, 0.6) is 0 Å². The lowest BCUT2D eigenvalue weighted by molar-refractivity contribution is 0.255. The highest BCUT2D eigenvalue weighted by Crippen LogP contribution is 2.25. The molecule has 1 rings (SSSR count). The summed E-state index contributed by atoms with van der Waals surface area (Å²) in [5.74, 6) is 0. The maximum Gasteiger partial charge on any atom is 0.151 e. The molecule has 5 heteroatoms. The van der Waals surface area contributed by atoms with Crippen LogP contribution in [0.3, 0.4) is 0 Å². The summed E-state index contributed by atoms with van der Waals surface area (Å²) < 4.78 is 23.2. The lowest BCUT2D eigenvalue weighted by Gasteiger charge is -2.25. The molecule has 0 aromatic rings. The first-order valence-electron chi connectivity index (χ1n) is 6.04. The number of nitrogens with one attached hydrogen (secondary N) is 1. The van der Waals surface area contributed by atoms with E-state index < -0.39 is 9.84 Å². The molecule has 4 nitrogen and oxygen atoms in total. The first kappa shape index (κ1) is 13.9. The minimum absolute atomic E-state index is 0.0755. The number of aliphatic hydroxyl groups excluding tert-OH is 1. The Morgan fingerprint density at radius 3 is 2.62 bits per heavy atom. The molecule has 1 fully saturated rings. The van der Waals surface area contributed by atoms with Crippen LogP contribution in [0.2, 0.25) is 0 Å². The Hall–Kier alpha value is -0.130. The molecule has 0 spiro atoms. The van der Waals surface area contributed by atoms with Crippen molar-refractivity contribution >= 4 is 9.84 Å². The van der Waals surface area contributed by atoms with Crippen LogP contribution in [0.4, 0.5) is 0 Å². The number of hydrogen-bond donors (Lipinski definition) is 2. The minimum Gasteiger partial charge on any atom is -0.396 e. The fraction of sp³-hybridized carbons (Fsp3) is 1.00. The van der Waals surface area contributed by atoms with Crippen molar-refractivity contribution in [2.24, 2.45) is 0 Å². The molecule has 1 aliphatic rings. The number of aliphatic hydroxyl groups is 1. The van der Waals surface area contributed by atoms with E-state index in [4.69, 9.17) is 5.11 Å². The molecule has 96 valence electrons. The smallest absolute Gasteiger partial charge is 0.151 e. The maximum atomic E-state index is 11.6. The number of rotatable bonds is 6. The molecule has 0 aliphatic heterocycles. The van der Waals surface area contributed by atoms with E-state index in [2.05, 4.69) is 12.2 Å². The summed E-state index contributed by atoms with van der Waals surface area (Å²) in [6, 6.07) is 0.309. The fourth-order valence-corrected chi connectivity index (χ4v) is 3.90. The molecule has 3 atom stereocenters. The van der Waals surface area contributed by atoms with Gasteiger partial charge in [-0.15, -0.1) is 0 Å². The van der Waals surface area contributed by atoms with Crippen LogP contribution in [0.25, 0.3) is 0 Å². The lowest BCUT2D eigenvalue weighted by Crippen LogP contribution is -2.45. The number of hydrogen-bond acceptors (Lipinski definition) is 4. The van der Waals surface area contributed by atoms with Crippen LogP contribution in [0.15, 0.2) is 0 Å². The molecule has 0 aromatic carbocycles. The van der Waals surface area contributed by atoms with Crippen molar-refractivity contribution in [3.63, 3.8) is 0 Å². The molecule has 0 radical (unpaired) electrons. The summed E-state index contributed by atoms with van der Waals surface area (Å²) in [6.45, 7) is 2.21. The van der Waals surface area contributed by atoms with Crippen LogP contribution >= 0.6 is 0 Å². The first-order valence-corrected chi connectivity index (χ1v) is 8.00. The Balaban J connectivity index is 2.58. The van der Waals surface area contributed by atoms with Crippen molar-refractivity contribution in [1.82, 2.24) is 5.32 Å². The monoisotopic (exact) mass is 249 g/mol. The molecule has 3 unspecified atom stereocenters. The van der Waals surface area contributed by atoms with Crippen molar-refractivity contribution in [2.75, 3.05) is 12.9 Å². The van der Waals surface area contributed by atoms with Crippen molar-refractivity contribution in [2.45, 2.75) is 56.4 Å². The summed E-state index contributed by atoms with van der Waals surface area (Å²) in [4.78, 5) is 0. The van der Waals surface area contributed by atoms with E-state index in [1.54, 1.807) is 0 Å². The molecule has 0 amide bonds. The van der Waals surface area contributed by atoms with Gasteiger partial charge in [0.05, 0.1) is 5.25 Å². The molecule has 2 N–H and O–H groups in total. The zero-order valence-corrected chi connectivity index (χ0v) is 11.0. The normalized spacial score (nSPS) is 28.2. The van der Waals surface area contributed by atoms with Gasteiger partial charge in [-0.2, -0.15) is 0 Å². The Bertz CT molecular complexity index is 302. The van der Waals surface area contributed by atoms with E-state index in [-0.39, 0.29) is 23.9 Å². The molecular formula is C11H23NO3S. The van der Waals surface area contributed by atoms with Gasteiger partial charge in [-0.25, -0.2) is 8.42 Å². The van der Waals surface area contributed by atoms with Crippen LogP contribution in [-0.4, -0.2) is 43.7 Å². The average Bonchev–Trinajstić information content (AvgIpc) is 2.64. The third kappa shape index (κ3) is 3.71. The third-order valence-electron chi connectivity index (χ3n) is 3.42. The molecule has 0 saturated heterocycles. The van der Waals surface area contributed by atoms with E-state index in [9.17, 15) is 8.42 Å². The molecule has 1 aliphatic carbocycles. The summed E-state index contributed by atoms with van der Waals surface area (Å²) in [7, 11) is -2.95. The molecule has 0 bridgehead atoms. The highest BCUT2D eigenvalue weighted by molar-refractivity contribution is 7.91. The predicted molar refractivity (Wildman–Crippen MR) is 65.2 cm³/mol. The summed E-state index contributed by atoms with van der Waals surface area (Å²) >= 11 is 0. The standard InChI is InChI=1S/C11H23NO3S/c1-3-9(7-8-13)12-10-5-4-6-11(10)16(2,14)15/h9-13H,3-8H2,1-2H3. The second-order valence-electron chi connectivity index (χ2n) is 4.69. The maximum absolute atomic E-state index is 11.6. The summed E-state index contributed by atoms with van der Waals surface area (Å²) in [5.41, 5.74) is 0. The van der Waals surface area contributed by atoms with E-state index in [0.29, 0.717) is 6.42 Å². The van der Waals surface area contributed by atoms with E-state index in [1.165, 1.54) is 6.26 Å². The Labute approximate surface area is 98.4 Å². The van der Waals surface area contributed by atoms with Gasteiger partial charge < -0.3 is 10.4 Å². The molecular weight excluding hydrogens is 226 g/mol. The van der Waals surface area contributed by atoms with Crippen LogP contribution < -0.4 is 5.32 Å². The molecule has 0 heterocycles. The largest absolute Gasteiger partial charge is 0.396 e. The second kappa shape index (κ2) is 5.98. The van der Waals surface area contributed by atoms with Crippen molar-refractivity contribution in [1.29, 1.82) is 0 Å². The van der Waals surface area contributed by atoms with Gasteiger partial charge >= 0.3 is 0 Å². The fourth-order valence-electron chi connectivity index (χ4n) is 2.49. The highest BCUT2D eigenvalue weighted by Gasteiger charge is 2.35. The van der Waals surface area contributed by atoms with Gasteiger partial charge in [0, 0.05) is 24.9 Å². The number of sulfone groups is 1. The van der Waals surface area contributed by atoms with Crippen LogP contribution in [0, 0.1) is 0 Å². The van der Waals surface area contributed by atoms with Crippen molar-refractivity contribution < 1.29 is 13.5 Å². The van der Waals surface area contributed by atoms with Gasteiger partial charge in [-0.1, -0.05) is 13.3 Å². The third-order valence-corrected chi connectivity index (χ3v) is 5.09. The van der Waals surface area contributed by atoms with E-state index in [0.717, 1.165) is 25.7 Å². The van der Waals surface area contributed by atoms with Gasteiger partial charge in [-0.05, 0) is 25.7 Å². The van der Waals surface area contributed by atoms with Crippen molar-refractivity contribution in [3.8, 4) is 0 Å². The molecule has 16 heavy (non-hydrogen) atoms. The Morgan fingerprint density at radius 1 is 1.44 bits per heavy atom. The van der Waals surface area contributed by atoms with Crippen LogP contribution in [0.1, 0.15) is 39.0 Å². The molecule has 0 aromatic heterocycles. The van der Waals surface area contributed by atoms with Gasteiger partial charge in [0.1, 0.15) is 0 Å². The van der Waals surface area contributed by atoms with Gasteiger partial charge in [0.25, 0.3) is 0 Å². The van der Waals surface area contributed by atoms with Crippen molar-refractivity contribution in [3.05, 3.63) is 0 Å². The Morgan fingerprint density at radius 2 is 2.12 bits per heavy atom. The summed E-state index contributed by atoms with van der Waals surface area (Å²) in [5, 5.41) is 12.1. The van der Waals surface area contributed by atoms with E-state index in [1.807, 2.05) is 0 Å².